The highest BCUT2D eigenvalue weighted by atomic mass is 16.2. The monoisotopic (exact) mass is 327 g/mol. The van der Waals surface area contributed by atoms with E-state index in [0.717, 1.165) is 17.2 Å². The van der Waals surface area contributed by atoms with E-state index >= 15 is 0 Å². The molecule has 0 N–H and O–H groups in total. The van der Waals surface area contributed by atoms with Gasteiger partial charge in [0.1, 0.15) is 0 Å². The zero-order valence-corrected chi connectivity index (χ0v) is 13.9. The third-order valence-electron chi connectivity index (χ3n) is 4.61. The summed E-state index contributed by atoms with van der Waals surface area (Å²) in [6.45, 7) is 2.07. The first-order valence-electron chi connectivity index (χ1n) is 8.37. The van der Waals surface area contributed by atoms with Gasteiger partial charge in [-0.25, -0.2) is 4.57 Å². The molecule has 3 heteroatoms. The number of nitrogens with zero attached hydrogens (tertiary/aromatic N) is 1. The van der Waals surface area contributed by atoms with Gasteiger partial charge in [-0.1, -0.05) is 55.5 Å². The predicted molar refractivity (Wildman–Crippen MR) is 103 cm³/mol. The van der Waals surface area contributed by atoms with Crippen LogP contribution in [0.1, 0.15) is 12.5 Å². The molecule has 0 saturated carbocycles. The molecule has 0 saturated heterocycles. The molecule has 0 unspecified atom stereocenters. The van der Waals surface area contributed by atoms with Gasteiger partial charge in [-0.2, -0.15) is 0 Å². The second-order valence-electron chi connectivity index (χ2n) is 6.06. The summed E-state index contributed by atoms with van der Waals surface area (Å²) in [6, 6.07) is 22.4. The Bertz CT molecular complexity index is 1130. The molecule has 3 aromatic carbocycles. The summed E-state index contributed by atoms with van der Waals surface area (Å²) in [5.41, 5.74) is 1.18. The molecule has 25 heavy (non-hydrogen) atoms. The van der Waals surface area contributed by atoms with Crippen molar-refractivity contribution in [2.24, 2.45) is 0 Å². The molecule has 0 aliphatic rings. The van der Waals surface area contributed by atoms with Crippen LogP contribution in [0.4, 0.5) is 0 Å². The molecule has 0 bridgehead atoms. The minimum Gasteiger partial charge on any atom is -0.268 e. The molecule has 0 radical (unpaired) electrons. The maximum atomic E-state index is 13.2. The van der Waals surface area contributed by atoms with E-state index < -0.39 is 0 Å². The van der Waals surface area contributed by atoms with Gasteiger partial charge in [0, 0.05) is 10.8 Å². The molecule has 0 fully saturated rings. The van der Waals surface area contributed by atoms with E-state index in [9.17, 15) is 9.59 Å². The van der Waals surface area contributed by atoms with Gasteiger partial charge < -0.3 is 0 Å². The number of rotatable bonds is 2. The minimum atomic E-state index is -0.291. The summed E-state index contributed by atoms with van der Waals surface area (Å²) in [5.74, 6) is 0. The van der Waals surface area contributed by atoms with E-state index in [4.69, 9.17) is 0 Å². The van der Waals surface area contributed by atoms with Crippen molar-refractivity contribution in [3.05, 3.63) is 99.1 Å². The van der Waals surface area contributed by atoms with Gasteiger partial charge in [-0.05, 0) is 47.0 Å². The minimum absolute atomic E-state index is 0.291. The Balaban J connectivity index is 2.24. The highest BCUT2D eigenvalue weighted by Crippen LogP contribution is 2.20. The van der Waals surface area contributed by atoms with Gasteiger partial charge >= 0.3 is 0 Å². The maximum Gasteiger partial charge on any atom is 0.265 e. The van der Waals surface area contributed by atoms with Crippen molar-refractivity contribution in [2.45, 2.75) is 13.3 Å². The third kappa shape index (κ3) is 2.45. The van der Waals surface area contributed by atoms with Gasteiger partial charge in [0.15, 0.2) is 0 Å². The van der Waals surface area contributed by atoms with Crippen LogP contribution in [0.2, 0.25) is 0 Å². The lowest BCUT2D eigenvalue weighted by molar-refractivity contribution is 0.972. The van der Waals surface area contributed by atoms with Crippen molar-refractivity contribution in [3.63, 3.8) is 0 Å². The summed E-state index contributed by atoms with van der Waals surface area (Å²) in [4.78, 5) is 26.4. The molecule has 4 rings (SSSR count). The Morgan fingerprint density at radius 3 is 1.52 bits per heavy atom. The normalized spacial score (nSPS) is 11.1. The highest BCUT2D eigenvalue weighted by Gasteiger charge is 2.11. The Labute approximate surface area is 144 Å². The van der Waals surface area contributed by atoms with Gasteiger partial charge in [-0.3, -0.25) is 9.59 Å². The standard InChI is InChI=1S/C22H17NO2/c1-2-15-11-13-16(14-12-15)23-21(24)19-9-5-3-7-17(19)18-8-4-6-10-20(18)22(23)25/h3-14H,2H2,1H3. The first-order valence-corrected chi connectivity index (χ1v) is 8.37. The van der Waals surface area contributed by atoms with Crippen LogP contribution in [0.5, 0.6) is 0 Å². The van der Waals surface area contributed by atoms with Crippen LogP contribution < -0.4 is 11.1 Å². The van der Waals surface area contributed by atoms with Gasteiger partial charge in [0.2, 0.25) is 0 Å². The SMILES string of the molecule is CCc1ccc(-n2c(=O)c3ccccc3c3ccccc3c2=O)cc1. The van der Waals surface area contributed by atoms with Gasteiger partial charge in [0.05, 0.1) is 5.69 Å². The Kier molecular flexibility index (Phi) is 3.69. The molecule has 122 valence electrons. The van der Waals surface area contributed by atoms with Crippen LogP contribution in [0.25, 0.3) is 27.2 Å². The summed E-state index contributed by atoms with van der Waals surface area (Å²) < 4.78 is 1.28. The van der Waals surface area contributed by atoms with Crippen molar-refractivity contribution < 1.29 is 0 Å². The van der Waals surface area contributed by atoms with Crippen LogP contribution in [0.15, 0.2) is 82.4 Å². The second-order valence-corrected chi connectivity index (χ2v) is 6.06. The molecule has 1 aromatic heterocycles. The zero-order valence-electron chi connectivity index (χ0n) is 13.9. The van der Waals surface area contributed by atoms with Crippen molar-refractivity contribution >= 4 is 21.5 Å². The molecule has 0 spiro atoms. The lowest BCUT2D eigenvalue weighted by atomic mass is 10.1. The van der Waals surface area contributed by atoms with Gasteiger partial charge in [0.25, 0.3) is 11.1 Å². The maximum absolute atomic E-state index is 13.2. The molecule has 1 heterocycles. The Morgan fingerprint density at radius 1 is 0.640 bits per heavy atom. The number of hydrogen-bond acceptors (Lipinski definition) is 2. The van der Waals surface area contributed by atoms with Crippen LogP contribution in [0.3, 0.4) is 0 Å². The first kappa shape index (κ1) is 15.3. The predicted octanol–water partition coefficient (Wildman–Crippen LogP) is 4.07. The van der Waals surface area contributed by atoms with E-state index in [1.807, 2.05) is 60.7 Å². The van der Waals surface area contributed by atoms with Crippen LogP contribution >= 0.6 is 0 Å². The summed E-state index contributed by atoms with van der Waals surface area (Å²) in [6.07, 6.45) is 0.911. The van der Waals surface area contributed by atoms with Crippen molar-refractivity contribution in [2.75, 3.05) is 0 Å². The van der Waals surface area contributed by atoms with Crippen molar-refractivity contribution in [1.29, 1.82) is 0 Å². The lowest BCUT2D eigenvalue weighted by Crippen LogP contribution is -2.28. The quantitative estimate of drug-likeness (QED) is 0.557. The number of aryl methyl sites for hydroxylation is 1. The van der Waals surface area contributed by atoms with Crippen LogP contribution in [-0.2, 0) is 6.42 Å². The van der Waals surface area contributed by atoms with E-state index in [0.29, 0.717) is 16.5 Å². The van der Waals surface area contributed by atoms with Gasteiger partial charge in [-0.15, -0.1) is 0 Å². The third-order valence-corrected chi connectivity index (χ3v) is 4.61. The number of hydrogen-bond donors (Lipinski definition) is 0. The average Bonchev–Trinajstić information content (AvgIpc) is 2.76. The molecule has 0 aliphatic carbocycles. The van der Waals surface area contributed by atoms with Crippen LogP contribution in [0, 0.1) is 0 Å². The molecular weight excluding hydrogens is 310 g/mol. The second kappa shape index (κ2) is 6.02. The molecule has 0 amide bonds. The first-order chi connectivity index (χ1) is 12.2. The van der Waals surface area contributed by atoms with E-state index in [1.165, 1.54) is 10.1 Å². The molecule has 0 atom stereocenters. The fourth-order valence-corrected chi connectivity index (χ4v) is 3.26. The number of aromatic nitrogens is 1. The highest BCUT2D eigenvalue weighted by molar-refractivity contribution is 6.05. The fourth-order valence-electron chi connectivity index (χ4n) is 3.26. The van der Waals surface area contributed by atoms with E-state index in [-0.39, 0.29) is 11.1 Å². The summed E-state index contributed by atoms with van der Waals surface area (Å²) in [7, 11) is 0. The Hall–Kier alpha value is -3.20. The average molecular weight is 327 g/mol. The van der Waals surface area contributed by atoms with Crippen molar-refractivity contribution in [1.82, 2.24) is 4.57 Å². The molecule has 4 aromatic rings. The number of benzene rings is 3. The van der Waals surface area contributed by atoms with E-state index in [1.54, 1.807) is 12.1 Å². The fraction of sp³-hybridized carbons (Fsp3) is 0.0909. The largest absolute Gasteiger partial charge is 0.268 e. The zero-order chi connectivity index (χ0) is 17.4. The summed E-state index contributed by atoms with van der Waals surface area (Å²) in [5, 5.41) is 2.67. The lowest BCUT2D eigenvalue weighted by Gasteiger charge is -2.04. The number of fused-ring (bicyclic) bond motifs is 3. The topological polar surface area (TPSA) is 39.1 Å². The van der Waals surface area contributed by atoms with Crippen molar-refractivity contribution in [3.8, 4) is 5.69 Å². The molecule has 3 nitrogen and oxygen atoms in total. The molecule has 0 aliphatic heterocycles. The summed E-state index contributed by atoms with van der Waals surface area (Å²) >= 11 is 0. The van der Waals surface area contributed by atoms with E-state index in [2.05, 4.69) is 6.92 Å². The Morgan fingerprint density at radius 2 is 1.08 bits per heavy atom. The molecular formula is C22H17NO2. The van der Waals surface area contributed by atoms with Crippen LogP contribution in [-0.4, -0.2) is 4.57 Å². The smallest absolute Gasteiger partial charge is 0.265 e.